The van der Waals surface area contributed by atoms with Crippen molar-refractivity contribution in [3.8, 4) is 0 Å². The molecule has 1 rings (SSSR count). The quantitative estimate of drug-likeness (QED) is 0.471. The number of methoxy groups -OCH3 is 1. The molecule has 1 aliphatic rings. The summed E-state index contributed by atoms with van der Waals surface area (Å²) in [5.41, 5.74) is 5.25. The van der Waals surface area contributed by atoms with Crippen LogP contribution in [0.5, 0.6) is 0 Å². The molecule has 3 heteroatoms. The Morgan fingerprint density at radius 1 is 1.86 bits per heavy atom. The lowest BCUT2D eigenvalue weighted by Crippen LogP contribution is -2.09. The number of nitrogens with two attached hydrogens (primary N) is 1. The summed E-state index contributed by atoms with van der Waals surface area (Å²) in [6.45, 7) is 0.626. The molecule has 1 fully saturated rings. The summed E-state index contributed by atoms with van der Waals surface area (Å²) in [6.07, 6.45) is 0.116. The number of ether oxygens (including phenoxy) is 2. The van der Waals surface area contributed by atoms with E-state index in [0.717, 1.165) is 0 Å². The van der Waals surface area contributed by atoms with Gasteiger partial charge in [-0.1, -0.05) is 0 Å². The molecular formula is C4H9NO2. The normalized spacial score (nSPS) is 38.6. The number of rotatable bonds is 2. The monoisotopic (exact) mass is 103 g/mol. The smallest absolute Gasteiger partial charge is 0.135 e. The average molecular weight is 103 g/mol. The molecule has 1 saturated heterocycles. The number of hydrogen-bond acceptors (Lipinski definition) is 3. The molecule has 0 saturated carbocycles. The zero-order chi connectivity index (χ0) is 5.28. The Morgan fingerprint density at radius 2 is 2.43 bits per heavy atom. The number of epoxide rings is 1. The summed E-state index contributed by atoms with van der Waals surface area (Å²) >= 11 is 0. The maximum Gasteiger partial charge on any atom is 0.135 e. The topological polar surface area (TPSA) is 47.8 Å². The van der Waals surface area contributed by atoms with Crippen LogP contribution in [0.3, 0.4) is 0 Å². The lowest BCUT2D eigenvalue weighted by molar-refractivity contribution is 0.171. The van der Waals surface area contributed by atoms with Crippen LogP contribution in [-0.2, 0) is 9.47 Å². The SMILES string of the molecule is COCC1OC1N. The van der Waals surface area contributed by atoms with Crippen LogP contribution in [0.4, 0.5) is 0 Å². The van der Waals surface area contributed by atoms with Crippen molar-refractivity contribution in [1.82, 2.24) is 0 Å². The van der Waals surface area contributed by atoms with Crippen LogP contribution in [0.15, 0.2) is 0 Å². The Kier molecular flexibility index (Phi) is 1.27. The highest BCUT2D eigenvalue weighted by Crippen LogP contribution is 2.14. The van der Waals surface area contributed by atoms with Crippen molar-refractivity contribution in [2.75, 3.05) is 13.7 Å². The second-order valence-corrected chi connectivity index (χ2v) is 1.59. The van der Waals surface area contributed by atoms with Gasteiger partial charge in [0, 0.05) is 7.11 Å². The second kappa shape index (κ2) is 1.78. The average Bonchev–Trinajstić information content (AvgIpc) is 2.22. The molecule has 0 radical (unpaired) electrons. The van der Waals surface area contributed by atoms with Crippen molar-refractivity contribution in [3.05, 3.63) is 0 Å². The lowest BCUT2D eigenvalue weighted by atomic mass is 10.5. The van der Waals surface area contributed by atoms with E-state index in [4.69, 9.17) is 15.2 Å². The molecule has 7 heavy (non-hydrogen) atoms. The zero-order valence-corrected chi connectivity index (χ0v) is 4.26. The first kappa shape index (κ1) is 5.03. The van der Waals surface area contributed by atoms with E-state index in [0.29, 0.717) is 6.61 Å². The summed E-state index contributed by atoms with van der Waals surface area (Å²) in [5, 5.41) is 0. The first-order valence-electron chi connectivity index (χ1n) is 2.24. The van der Waals surface area contributed by atoms with Crippen molar-refractivity contribution in [3.63, 3.8) is 0 Å². The predicted octanol–water partition coefficient (Wildman–Crippen LogP) is -0.684. The molecule has 0 bridgehead atoms. The molecule has 0 aromatic carbocycles. The van der Waals surface area contributed by atoms with Gasteiger partial charge in [0.1, 0.15) is 12.3 Å². The van der Waals surface area contributed by atoms with Crippen LogP contribution in [-0.4, -0.2) is 26.0 Å². The molecule has 2 unspecified atom stereocenters. The van der Waals surface area contributed by atoms with Crippen molar-refractivity contribution >= 4 is 0 Å². The van der Waals surface area contributed by atoms with E-state index in [2.05, 4.69) is 0 Å². The van der Waals surface area contributed by atoms with Gasteiger partial charge in [-0.3, -0.25) is 0 Å². The van der Waals surface area contributed by atoms with Crippen LogP contribution in [0, 0.1) is 0 Å². The first-order chi connectivity index (χ1) is 3.34. The lowest BCUT2D eigenvalue weighted by Gasteiger charge is -1.85. The van der Waals surface area contributed by atoms with Gasteiger partial charge in [-0.2, -0.15) is 0 Å². The molecule has 0 spiro atoms. The minimum Gasteiger partial charge on any atom is -0.382 e. The standard InChI is InChI=1S/C4H9NO2/c1-6-2-3-4(5)7-3/h3-4H,2,5H2,1H3. The Morgan fingerprint density at radius 3 is 2.57 bits per heavy atom. The molecule has 2 N–H and O–H groups in total. The van der Waals surface area contributed by atoms with Crippen molar-refractivity contribution in [2.45, 2.75) is 12.3 Å². The highest BCUT2D eigenvalue weighted by Gasteiger charge is 2.34. The third-order valence-corrected chi connectivity index (χ3v) is 0.953. The first-order valence-corrected chi connectivity index (χ1v) is 2.24. The third kappa shape index (κ3) is 1.12. The Hall–Kier alpha value is -0.120. The van der Waals surface area contributed by atoms with Gasteiger partial charge >= 0.3 is 0 Å². The minimum absolute atomic E-state index is 0.0556. The van der Waals surface area contributed by atoms with Gasteiger partial charge < -0.3 is 15.2 Å². The van der Waals surface area contributed by atoms with Gasteiger partial charge in [-0.25, -0.2) is 0 Å². The second-order valence-electron chi connectivity index (χ2n) is 1.59. The number of hydrogen-bond donors (Lipinski definition) is 1. The van der Waals surface area contributed by atoms with E-state index in [1.54, 1.807) is 7.11 Å². The highest BCUT2D eigenvalue weighted by molar-refractivity contribution is 4.77. The highest BCUT2D eigenvalue weighted by atomic mass is 16.6. The largest absolute Gasteiger partial charge is 0.382 e. The molecule has 2 atom stereocenters. The maximum absolute atomic E-state index is 5.25. The van der Waals surface area contributed by atoms with Crippen LogP contribution in [0.1, 0.15) is 0 Å². The predicted molar refractivity (Wildman–Crippen MR) is 24.7 cm³/mol. The molecule has 0 aliphatic carbocycles. The summed E-state index contributed by atoms with van der Waals surface area (Å²) in [5.74, 6) is 0. The van der Waals surface area contributed by atoms with Crippen LogP contribution < -0.4 is 5.73 Å². The molecule has 3 nitrogen and oxygen atoms in total. The molecule has 1 heterocycles. The van der Waals surface area contributed by atoms with Gasteiger partial charge in [0.25, 0.3) is 0 Å². The summed E-state index contributed by atoms with van der Waals surface area (Å²) in [6, 6.07) is 0. The molecule has 0 aromatic rings. The fourth-order valence-electron chi connectivity index (χ4n) is 0.455. The zero-order valence-electron chi connectivity index (χ0n) is 4.26. The molecule has 1 aliphatic heterocycles. The van der Waals surface area contributed by atoms with Gasteiger partial charge in [0.2, 0.25) is 0 Å². The van der Waals surface area contributed by atoms with Crippen LogP contribution in [0.2, 0.25) is 0 Å². The van der Waals surface area contributed by atoms with E-state index in [1.807, 2.05) is 0 Å². The van der Waals surface area contributed by atoms with Crippen molar-refractivity contribution in [1.29, 1.82) is 0 Å². The molecular weight excluding hydrogens is 94.0 g/mol. The van der Waals surface area contributed by atoms with E-state index in [9.17, 15) is 0 Å². The van der Waals surface area contributed by atoms with E-state index in [1.165, 1.54) is 0 Å². The Bertz CT molecular complexity index is 66.7. The fourth-order valence-corrected chi connectivity index (χ4v) is 0.455. The summed E-state index contributed by atoms with van der Waals surface area (Å²) in [4.78, 5) is 0. The molecule has 0 amide bonds. The van der Waals surface area contributed by atoms with E-state index in [-0.39, 0.29) is 12.3 Å². The third-order valence-electron chi connectivity index (χ3n) is 0.953. The van der Waals surface area contributed by atoms with Gasteiger partial charge in [0.15, 0.2) is 0 Å². The minimum atomic E-state index is -0.0556. The maximum atomic E-state index is 5.25. The Balaban J connectivity index is 1.98. The van der Waals surface area contributed by atoms with E-state index >= 15 is 0 Å². The van der Waals surface area contributed by atoms with Crippen LogP contribution >= 0.6 is 0 Å². The molecule has 0 aromatic heterocycles. The summed E-state index contributed by atoms with van der Waals surface area (Å²) in [7, 11) is 1.63. The molecule has 42 valence electrons. The fraction of sp³-hybridized carbons (Fsp3) is 1.00. The van der Waals surface area contributed by atoms with E-state index < -0.39 is 0 Å². The summed E-state index contributed by atoms with van der Waals surface area (Å²) < 4.78 is 9.54. The van der Waals surface area contributed by atoms with Gasteiger partial charge in [-0.05, 0) is 0 Å². The Labute approximate surface area is 42.4 Å². The van der Waals surface area contributed by atoms with Gasteiger partial charge in [-0.15, -0.1) is 0 Å². The van der Waals surface area contributed by atoms with Crippen molar-refractivity contribution < 1.29 is 9.47 Å². The van der Waals surface area contributed by atoms with Crippen molar-refractivity contribution in [2.24, 2.45) is 5.73 Å². The van der Waals surface area contributed by atoms with Crippen LogP contribution in [0.25, 0.3) is 0 Å². The van der Waals surface area contributed by atoms with Gasteiger partial charge in [0.05, 0.1) is 6.61 Å².